The van der Waals surface area contributed by atoms with Gasteiger partial charge in [-0.25, -0.2) is 4.39 Å². The molecule has 0 saturated carbocycles. The maximum atomic E-state index is 13.3. The van der Waals surface area contributed by atoms with E-state index in [2.05, 4.69) is 10.3 Å². The minimum Gasteiger partial charge on any atom is -0.394 e. The smallest absolute Gasteiger partial charge is 0.251 e. The number of aryl methyl sites for hydroxylation is 1. The predicted molar refractivity (Wildman–Crippen MR) is 92.4 cm³/mol. The minimum absolute atomic E-state index is 0.102. The average molecular weight is 326 g/mol. The Balaban J connectivity index is 1.96. The zero-order valence-corrected chi connectivity index (χ0v) is 13.6. The molecule has 4 nitrogen and oxygen atoms in total. The van der Waals surface area contributed by atoms with Crippen LogP contribution in [0.4, 0.5) is 4.39 Å². The fraction of sp³-hybridized carbons (Fsp3) is 0.211. The number of benzene rings is 2. The predicted octanol–water partition coefficient (Wildman–Crippen LogP) is 3.39. The van der Waals surface area contributed by atoms with Gasteiger partial charge in [0.2, 0.25) is 0 Å². The van der Waals surface area contributed by atoms with Crippen LogP contribution in [0.2, 0.25) is 0 Å². The van der Waals surface area contributed by atoms with Crippen molar-refractivity contribution in [3.05, 3.63) is 59.5 Å². The summed E-state index contributed by atoms with van der Waals surface area (Å²) < 4.78 is 13.3. The zero-order chi connectivity index (χ0) is 17.3. The van der Waals surface area contributed by atoms with E-state index in [1.165, 1.54) is 12.1 Å². The summed E-state index contributed by atoms with van der Waals surface area (Å²) in [5.41, 5.74) is 4.19. The lowest BCUT2D eigenvalue weighted by Gasteiger charge is -2.12. The van der Waals surface area contributed by atoms with E-state index >= 15 is 0 Å². The average Bonchev–Trinajstić information content (AvgIpc) is 2.97. The number of fused-ring (bicyclic) bond motifs is 1. The fourth-order valence-electron chi connectivity index (χ4n) is 2.78. The van der Waals surface area contributed by atoms with Gasteiger partial charge < -0.3 is 15.4 Å². The van der Waals surface area contributed by atoms with Crippen LogP contribution in [0.15, 0.2) is 42.6 Å². The lowest BCUT2D eigenvalue weighted by molar-refractivity contribution is 0.0922. The van der Waals surface area contributed by atoms with Crippen molar-refractivity contribution in [2.45, 2.75) is 19.9 Å². The lowest BCUT2D eigenvalue weighted by Crippen LogP contribution is -2.34. The van der Waals surface area contributed by atoms with Gasteiger partial charge in [0.25, 0.3) is 5.91 Å². The van der Waals surface area contributed by atoms with Crippen molar-refractivity contribution >= 4 is 16.8 Å². The molecule has 0 aliphatic heterocycles. The Bertz CT molecular complexity index is 902. The highest BCUT2D eigenvalue weighted by Gasteiger charge is 2.13. The highest BCUT2D eigenvalue weighted by Crippen LogP contribution is 2.31. The molecule has 2 aromatic carbocycles. The van der Waals surface area contributed by atoms with Gasteiger partial charge in [-0.2, -0.15) is 0 Å². The van der Waals surface area contributed by atoms with Gasteiger partial charge in [0.1, 0.15) is 5.82 Å². The minimum atomic E-state index is -0.291. The zero-order valence-electron chi connectivity index (χ0n) is 13.6. The number of halogens is 1. The van der Waals surface area contributed by atoms with Crippen LogP contribution in [0.5, 0.6) is 0 Å². The highest BCUT2D eigenvalue weighted by molar-refractivity contribution is 5.98. The molecule has 1 amide bonds. The first-order valence-electron chi connectivity index (χ1n) is 7.79. The van der Waals surface area contributed by atoms with Crippen LogP contribution in [0, 0.1) is 12.7 Å². The van der Waals surface area contributed by atoms with Gasteiger partial charge in [-0.3, -0.25) is 4.79 Å². The number of aromatic nitrogens is 1. The largest absolute Gasteiger partial charge is 0.394 e. The summed E-state index contributed by atoms with van der Waals surface area (Å²) in [6.07, 6.45) is 1.85. The van der Waals surface area contributed by atoms with Crippen molar-refractivity contribution in [2.75, 3.05) is 6.61 Å². The third-order valence-corrected chi connectivity index (χ3v) is 4.07. The van der Waals surface area contributed by atoms with E-state index in [4.69, 9.17) is 5.11 Å². The second-order valence-corrected chi connectivity index (χ2v) is 5.98. The Kier molecular flexibility index (Phi) is 4.36. The number of H-pyrrole nitrogens is 1. The number of rotatable bonds is 4. The standard InChI is InChI=1S/C19H19FN2O2/c1-11-7-13(19(24)22-12(2)10-23)3-5-15(11)17-9-21-18-8-14(20)4-6-16(17)18/h3-9,12,21,23H,10H2,1-2H3,(H,22,24). The van der Waals surface area contributed by atoms with Crippen molar-refractivity contribution in [2.24, 2.45) is 0 Å². The summed E-state index contributed by atoms with van der Waals surface area (Å²) in [6.45, 7) is 3.57. The second kappa shape index (κ2) is 6.45. The Labute approximate surface area is 139 Å². The Morgan fingerprint density at radius 3 is 2.75 bits per heavy atom. The molecule has 0 fully saturated rings. The first-order chi connectivity index (χ1) is 11.5. The number of nitrogens with one attached hydrogen (secondary N) is 2. The number of aromatic amines is 1. The summed E-state index contributed by atoms with van der Waals surface area (Å²) in [5.74, 6) is -0.496. The van der Waals surface area contributed by atoms with Crippen molar-refractivity contribution < 1.29 is 14.3 Å². The maximum absolute atomic E-state index is 13.3. The summed E-state index contributed by atoms with van der Waals surface area (Å²) in [7, 11) is 0. The van der Waals surface area contributed by atoms with Crippen molar-refractivity contribution in [1.29, 1.82) is 0 Å². The Hall–Kier alpha value is -2.66. The number of amides is 1. The van der Waals surface area contributed by atoms with E-state index in [9.17, 15) is 9.18 Å². The number of hydrogen-bond acceptors (Lipinski definition) is 2. The van der Waals surface area contributed by atoms with E-state index in [1.807, 2.05) is 25.3 Å². The van der Waals surface area contributed by atoms with Gasteiger partial charge in [0, 0.05) is 34.3 Å². The molecule has 124 valence electrons. The number of carbonyl (C=O) groups excluding carboxylic acids is 1. The molecular formula is C19H19FN2O2. The number of aliphatic hydroxyl groups excluding tert-OH is 1. The van der Waals surface area contributed by atoms with Gasteiger partial charge >= 0.3 is 0 Å². The van der Waals surface area contributed by atoms with E-state index in [1.54, 1.807) is 19.1 Å². The first-order valence-corrected chi connectivity index (χ1v) is 7.79. The molecule has 0 radical (unpaired) electrons. The molecule has 1 heterocycles. The van der Waals surface area contributed by atoms with Crippen LogP contribution in [0.1, 0.15) is 22.8 Å². The van der Waals surface area contributed by atoms with Crippen molar-refractivity contribution in [3.8, 4) is 11.1 Å². The number of aliphatic hydroxyl groups is 1. The Morgan fingerprint density at radius 2 is 2.04 bits per heavy atom. The van der Waals surface area contributed by atoms with Gasteiger partial charge in [0.15, 0.2) is 0 Å². The highest BCUT2D eigenvalue weighted by atomic mass is 19.1. The molecule has 0 bridgehead atoms. The number of hydrogen-bond donors (Lipinski definition) is 3. The van der Waals surface area contributed by atoms with Crippen LogP contribution in [0.3, 0.4) is 0 Å². The summed E-state index contributed by atoms with van der Waals surface area (Å²) in [6, 6.07) is 9.82. The van der Waals surface area contributed by atoms with Crippen molar-refractivity contribution in [1.82, 2.24) is 10.3 Å². The molecule has 0 aliphatic rings. The molecule has 0 saturated heterocycles. The molecule has 24 heavy (non-hydrogen) atoms. The normalized spacial score (nSPS) is 12.3. The molecule has 0 spiro atoms. The topological polar surface area (TPSA) is 65.1 Å². The van der Waals surface area contributed by atoms with Crippen LogP contribution in [-0.2, 0) is 0 Å². The van der Waals surface area contributed by atoms with Crippen LogP contribution in [0.25, 0.3) is 22.0 Å². The molecule has 1 atom stereocenters. The molecule has 1 unspecified atom stereocenters. The molecule has 0 aliphatic carbocycles. The number of carbonyl (C=O) groups is 1. The van der Waals surface area contributed by atoms with Gasteiger partial charge in [-0.05, 0) is 55.3 Å². The maximum Gasteiger partial charge on any atom is 0.251 e. The van der Waals surface area contributed by atoms with E-state index in [0.29, 0.717) is 5.56 Å². The lowest BCUT2D eigenvalue weighted by atomic mass is 9.97. The molecule has 3 aromatic rings. The molecule has 5 heteroatoms. The van der Waals surface area contributed by atoms with Crippen LogP contribution in [-0.4, -0.2) is 28.6 Å². The third-order valence-electron chi connectivity index (χ3n) is 4.07. The van der Waals surface area contributed by atoms with E-state index in [-0.39, 0.29) is 24.4 Å². The van der Waals surface area contributed by atoms with E-state index in [0.717, 1.165) is 27.6 Å². The summed E-state index contributed by atoms with van der Waals surface area (Å²) >= 11 is 0. The van der Waals surface area contributed by atoms with Crippen LogP contribution >= 0.6 is 0 Å². The second-order valence-electron chi connectivity index (χ2n) is 5.98. The Morgan fingerprint density at radius 1 is 1.25 bits per heavy atom. The third kappa shape index (κ3) is 3.03. The molecule has 3 N–H and O–H groups in total. The van der Waals surface area contributed by atoms with Gasteiger partial charge in [-0.1, -0.05) is 6.07 Å². The van der Waals surface area contributed by atoms with E-state index < -0.39 is 0 Å². The van der Waals surface area contributed by atoms with Gasteiger partial charge in [0.05, 0.1) is 6.61 Å². The van der Waals surface area contributed by atoms with Crippen LogP contribution < -0.4 is 5.32 Å². The monoisotopic (exact) mass is 326 g/mol. The molecule has 1 aromatic heterocycles. The molecule has 3 rings (SSSR count). The summed E-state index contributed by atoms with van der Waals surface area (Å²) in [4.78, 5) is 15.2. The van der Waals surface area contributed by atoms with Crippen molar-refractivity contribution in [3.63, 3.8) is 0 Å². The first kappa shape index (κ1) is 16.2. The summed E-state index contributed by atoms with van der Waals surface area (Å²) in [5, 5.41) is 12.7. The quantitative estimate of drug-likeness (QED) is 0.688. The fourth-order valence-corrected chi connectivity index (χ4v) is 2.78. The SMILES string of the molecule is Cc1cc(C(=O)NC(C)CO)ccc1-c1c[nH]c2cc(F)ccc12. The molecular weight excluding hydrogens is 307 g/mol. The van der Waals surface area contributed by atoms with Gasteiger partial charge in [-0.15, -0.1) is 0 Å².